The lowest BCUT2D eigenvalue weighted by Gasteiger charge is -2.16. The van der Waals surface area contributed by atoms with Crippen molar-refractivity contribution in [3.05, 3.63) is 34.8 Å². The van der Waals surface area contributed by atoms with Gasteiger partial charge in [-0.05, 0) is 30.7 Å². The Morgan fingerprint density at radius 1 is 1.36 bits per heavy atom. The molecular weight excluding hydrogens is 348 g/mol. The number of nitrogens with zero attached hydrogens (tertiary/aromatic N) is 2. The molecule has 0 aliphatic carbocycles. The average Bonchev–Trinajstić information content (AvgIpc) is 2.98. The molecule has 1 amide bonds. The number of sulfonamides is 1. The van der Waals surface area contributed by atoms with E-state index in [0.29, 0.717) is 10.2 Å². The van der Waals surface area contributed by atoms with Gasteiger partial charge < -0.3 is 0 Å². The van der Waals surface area contributed by atoms with Gasteiger partial charge in [-0.1, -0.05) is 29.9 Å². The summed E-state index contributed by atoms with van der Waals surface area (Å²) in [6, 6.07) is 4.78. The zero-order valence-corrected chi connectivity index (χ0v) is 13.9. The second kappa shape index (κ2) is 7.14. The van der Waals surface area contributed by atoms with Gasteiger partial charge in [0.1, 0.15) is 11.6 Å². The molecule has 0 radical (unpaired) electrons. The number of hydrogen-bond acceptors (Lipinski definition) is 6. The van der Waals surface area contributed by atoms with E-state index in [4.69, 9.17) is 11.6 Å². The highest BCUT2D eigenvalue weighted by atomic mass is 35.5. The quantitative estimate of drug-likeness (QED) is 0.819. The number of hydrogen-bond donors (Lipinski definition) is 2. The minimum atomic E-state index is -3.81. The molecule has 1 atom stereocenters. The topological polar surface area (TPSA) is 101 Å². The Balaban J connectivity index is 2.11. The molecular formula is C12H13ClN4O3S2. The highest BCUT2D eigenvalue weighted by Crippen LogP contribution is 2.15. The number of benzene rings is 1. The largest absolute Gasteiger partial charge is 0.299 e. The summed E-state index contributed by atoms with van der Waals surface area (Å²) in [5, 5.41) is 10.5. The maximum absolute atomic E-state index is 12.3. The first-order valence-corrected chi connectivity index (χ1v) is 9.01. The molecule has 1 aromatic carbocycles. The zero-order valence-electron chi connectivity index (χ0n) is 11.5. The average molecular weight is 361 g/mol. The summed E-state index contributed by atoms with van der Waals surface area (Å²) >= 11 is 6.88. The van der Waals surface area contributed by atoms with Gasteiger partial charge in [0, 0.05) is 5.02 Å². The second-order valence-corrected chi connectivity index (χ2v) is 7.25. The molecule has 1 heterocycles. The van der Waals surface area contributed by atoms with Crippen molar-refractivity contribution in [1.82, 2.24) is 14.9 Å². The first-order chi connectivity index (χ1) is 10.4. The smallest absolute Gasteiger partial charge is 0.244 e. The van der Waals surface area contributed by atoms with Crippen LogP contribution in [0.2, 0.25) is 5.02 Å². The lowest BCUT2D eigenvalue weighted by atomic mass is 10.2. The molecule has 2 rings (SSSR count). The van der Waals surface area contributed by atoms with Crippen LogP contribution in [0.4, 0.5) is 5.13 Å². The number of rotatable bonds is 6. The number of anilines is 1. The van der Waals surface area contributed by atoms with Crippen LogP contribution >= 0.6 is 22.9 Å². The molecule has 0 aliphatic rings. The van der Waals surface area contributed by atoms with Crippen LogP contribution in [0.25, 0.3) is 0 Å². The van der Waals surface area contributed by atoms with Crippen LogP contribution in [-0.2, 0) is 14.8 Å². The third-order valence-electron chi connectivity index (χ3n) is 2.74. The number of halogens is 1. The molecule has 0 spiro atoms. The van der Waals surface area contributed by atoms with E-state index in [1.165, 1.54) is 29.8 Å². The Labute approximate surface area is 136 Å². The van der Waals surface area contributed by atoms with E-state index in [9.17, 15) is 13.2 Å². The molecule has 1 unspecified atom stereocenters. The van der Waals surface area contributed by atoms with Crippen molar-refractivity contribution in [2.45, 2.75) is 24.3 Å². The van der Waals surface area contributed by atoms with E-state index in [0.717, 1.165) is 11.3 Å². The fourth-order valence-corrected chi connectivity index (χ4v) is 3.46. The van der Waals surface area contributed by atoms with Crippen LogP contribution in [0.1, 0.15) is 13.3 Å². The lowest BCUT2D eigenvalue weighted by Crippen LogP contribution is -2.43. The molecule has 0 saturated heterocycles. The Hall–Kier alpha value is -1.55. The van der Waals surface area contributed by atoms with Gasteiger partial charge in [0.25, 0.3) is 0 Å². The van der Waals surface area contributed by atoms with Crippen molar-refractivity contribution in [3.63, 3.8) is 0 Å². The summed E-state index contributed by atoms with van der Waals surface area (Å²) in [4.78, 5) is 12.1. The predicted octanol–water partition coefficient (Wildman–Crippen LogP) is 1.89. The molecule has 7 nitrogen and oxygen atoms in total. The summed E-state index contributed by atoms with van der Waals surface area (Å²) in [6.45, 7) is 1.70. The van der Waals surface area contributed by atoms with Gasteiger partial charge >= 0.3 is 0 Å². The van der Waals surface area contributed by atoms with Crippen molar-refractivity contribution < 1.29 is 13.2 Å². The van der Waals surface area contributed by atoms with Gasteiger partial charge in [0.2, 0.25) is 21.1 Å². The number of nitrogens with one attached hydrogen (secondary N) is 2. The van der Waals surface area contributed by atoms with E-state index in [2.05, 4.69) is 20.2 Å². The molecule has 118 valence electrons. The molecule has 10 heteroatoms. The van der Waals surface area contributed by atoms with Crippen molar-refractivity contribution in [3.8, 4) is 0 Å². The van der Waals surface area contributed by atoms with E-state index >= 15 is 0 Å². The summed E-state index contributed by atoms with van der Waals surface area (Å²) in [5.74, 6) is -0.489. The van der Waals surface area contributed by atoms with Crippen LogP contribution in [0.15, 0.2) is 34.7 Å². The maximum Gasteiger partial charge on any atom is 0.244 e. The van der Waals surface area contributed by atoms with Crippen molar-refractivity contribution in [1.29, 1.82) is 0 Å². The van der Waals surface area contributed by atoms with Crippen LogP contribution < -0.4 is 10.0 Å². The van der Waals surface area contributed by atoms with Crippen LogP contribution in [0.3, 0.4) is 0 Å². The first-order valence-electron chi connectivity index (χ1n) is 6.27. The summed E-state index contributed by atoms with van der Waals surface area (Å²) in [7, 11) is -3.81. The van der Waals surface area contributed by atoms with E-state index in [-0.39, 0.29) is 11.3 Å². The second-order valence-electron chi connectivity index (χ2n) is 4.27. The Morgan fingerprint density at radius 3 is 2.59 bits per heavy atom. The number of aromatic nitrogens is 2. The fourth-order valence-electron chi connectivity index (χ4n) is 1.61. The van der Waals surface area contributed by atoms with Gasteiger partial charge in [-0.15, -0.1) is 10.2 Å². The van der Waals surface area contributed by atoms with Crippen LogP contribution in [0, 0.1) is 0 Å². The summed E-state index contributed by atoms with van der Waals surface area (Å²) in [6.07, 6.45) is 0.289. The molecule has 0 aliphatic heterocycles. The fraction of sp³-hybridized carbons (Fsp3) is 0.250. The van der Waals surface area contributed by atoms with E-state index < -0.39 is 22.0 Å². The van der Waals surface area contributed by atoms with E-state index in [1.54, 1.807) is 6.92 Å². The third-order valence-corrected chi connectivity index (χ3v) is 5.08. The molecule has 0 fully saturated rings. The van der Waals surface area contributed by atoms with Crippen LogP contribution in [-0.4, -0.2) is 30.6 Å². The highest BCUT2D eigenvalue weighted by Gasteiger charge is 2.24. The minimum absolute atomic E-state index is 0.0408. The summed E-state index contributed by atoms with van der Waals surface area (Å²) < 4.78 is 26.9. The van der Waals surface area contributed by atoms with Crippen molar-refractivity contribution >= 4 is 44.0 Å². The number of carbonyl (C=O) groups excluding carboxylic acids is 1. The molecule has 2 aromatic rings. The predicted molar refractivity (Wildman–Crippen MR) is 84.4 cm³/mol. The van der Waals surface area contributed by atoms with Gasteiger partial charge in [-0.3, -0.25) is 10.1 Å². The third kappa shape index (κ3) is 4.23. The van der Waals surface area contributed by atoms with Gasteiger partial charge in [-0.2, -0.15) is 4.72 Å². The first kappa shape index (κ1) is 16.8. The van der Waals surface area contributed by atoms with Crippen molar-refractivity contribution in [2.24, 2.45) is 0 Å². The van der Waals surface area contributed by atoms with Crippen molar-refractivity contribution in [2.75, 3.05) is 5.32 Å². The molecule has 2 N–H and O–H groups in total. The molecule has 0 saturated carbocycles. The molecule has 1 aromatic heterocycles. The zero-order chi connectivity index (χ0) is 16.2. The lowest BCUT2D eigenvalue weighted by molar-refractivity contribution is -0.117. The highest BCUT2D eigenvalue weighted by molar-refractivity contribution is 7.89. The molecule has 22 heavy (non-hydrogen) atoms. The monoisotopic (exact) mass is 360 g/mol. The molecule has 0 bridgehead atoms. The Bertz CT molecular complexity index is 732. The van der Waals surface area contributed by atoms with Crippen LogP contribution in [0.5, 0.6) is 0 Å². The summed E-state index contributed by atoms with van der Waals surface area (Å²) in [5.41, 5.74) is 1.47. The van der Waals surface area contributed by atoms with E-state index in [1.807, 2.05) is 0 Å². The van der Waals surface area contributed by atoms with Gasteiger partial charge in [0.15, 0.2) is 0 Å². The Morgan fingerprint density at radius 2 is 2.05 bits per heavy atom. The number of amides is 1. The minimum Gasteiger partial charge on any atom is -0.299 e. The normalized spacial score (nSPS) is 12.8. The van der Waals surface area contributed by atoms with Gasteiger partial charge in [0.05, 0.1) is 4.90 Å². The Kier molecular flexibility index (Phi) is 5.46. The standard InChI is InChI=1S/C12H13ClN4O3S2/c1-2-10(11(18)15-12-16-14-7-21-12)17-22(19,20)9-5-3-8(13)4-6-9/h3-7,10,17H,2H2,1H3,(H,15,16,18). The maximum atomic E-state index is 12.3. The SMILES string of the molecule is CCC(NS(=O)(=O)c1ccc(Cl)cc1)C(=O)Nc1nncs1. The number of carbonyl (C=O) groups is 1. The van der Waals surface area contributed by atoms with Gasteiger partial charge in [-0.25, -0.2) is 8.42 Å².